The number of hydrogen-bond donors (Lipinski definition) is 0. The van der Waals surface area contributed by atoms with Crippen molar-refractivity contribution < 1.29 is 4.74 Å². The Morgan fingerprint density at radius 3 is 2.89 bits per heavy atom. The second kappa shape index (κ2) is 5.24. The summed E-state index contributed by atoms with van der Waals surface area (Å²) in [6.45, 7) is 10.5. The van der Waals surface area contributed by atoms with E-state index in [0.29, 0.717) is 6.73 Å². The third-order valence-electron chi connectivity index (χ3n) is 3.00. The van der Waals surface area contributed by atoms with Crippen LogP contribution in [0.15, 0.2) is 18.2 Å². The molecule has 0 saturated carbocycles. The fraction of sp³-hybridized carbons (Fsp3) is 0.500. The summed E-state index contributed by atoms with van der Waals surface area (Å²) in [6, 6.07) is 10.1. The molecule has 97 valence electrons. The van der Waals surface area contributed by atoms with Crippen molar-refractivity contribution >= 4 is 19.1 Å². The fourth-order valence-electron chi connectivity index (χ4n) is 1.84. The summed E-state index contributed by atoms with van der Waals surface area (Å²) in [5, 5.41) is 0. The minimum absolute atomic E-state index is 0.594. The van der Waals surface area contributed by atoms with Crippen molar-refractivity contribution in [2.75, 3.05) is 6.61 Å². The minimum atomic E-state index is -1.00. The van der Waals surface area contributed by atoms with Gasteiger partial charge in [0.1, 0.15) is 12.6 Å². The van der Waals surface area contributed by atoms with Gasteiger partial charge in [-0.1, -0.05) is 25.7 Å². The van der Waals surface area contributed by atoms with Gasteiger partial charge in [-0.3, -0.25) is 0 Å². The highest BCUT2D eigenvalue weighted by Crippen LogP contribution is 2.15. The molecule has 1 heterocycles. The van der Waals surface area contributed by atoms with E-state index in [1.54, 1.807) is 0 Å². The highest BCUT2D eigenvalue weighted by molar-refractivity contribution is 6.76. The Hall–Kier alpha value is -1.13. The van der Waals surface area contributed by atoms with Gasteiger partial charge in [0.25, 0.3) is 0 Å². The van der Waals surface area contributed by atoms with Crippen LogP contribution in [-0.2, 0) is 11.5 Å². The summed E-state index contributed by atoms with van der Waals surface area (Å²) >= 11 is 0. The van der Waals surface area contributed by atoms with Gasteiger partial charge in [0, 0.05) is 14.7 Å². The highest BCUT2D eigenvalue weighted by atomic mass is 28.3. The lowest BCUT2D eigenvalue weighted by Crippen LogP contribution is -2.22. The van der Waals surface area contributed by atoms with Crippen molar-refractivity contribution in [2.24, 2.45) is 0 Å². The number of benzene rings is 1. The molecule has 2 rings (SSSR count). The predicted molar refractivity (Wildman–Crippen MR) is 77.4 cm³/mol. The summed E-state index contributed by atoms with van der Waals surface area (Å²) in [5.74, 6) is 0.998. The summed E-state index contributed by atoms with van der Waals surface area (Å²) in [7, 11) is -1.00. The molecular weight excluding hydrogens is 240 g/mol. The maximum absolute atomic E-state index is 5.79. The van der Waals surface area contributed by atoms with Gasteiger partial charge in [0.2, 0.25) is 0 Å². The molecule has 1 radical (unpaired) electrons. The lowest BCUT2D eigenvalue weighted by molar-refractivity contribution is 0.0885. The normalized spacial score (nSPS) is 12.2. The molecule has 1 aromatic heterocycles. The molecule has 0 aliphatic carbocycles. The average molecular weight is 261 g/mol. The van der Waals surface area contributed by atoms with Crippen molar-refractivity contribution in [3.8, 4) is 0 Å². The van der Waals surface area contributed by atoms with E-state index in [9.17, 15) is 0 Å². The van der Waals surface area contributed by atoms with Gasteiger partial charge in [0.15, 0.2) is 0 Å². The monoisotopic (exact) mass is 261 g/mol. The van der Waals surface area contributed by atoms with Crippen LogP contribution in [0.4, 0.5) is 0 Å². The highest BCUT2D eigenvalue weighted by Gasteiger charge is 2.12. The molecular formula is C14H21N2OSi. The Balaban J connectivity index is 2.01. The van der Waals surface area contributed by atoms with E-state index in [0.717, 1.165) is 23.5 Å². The van der Waals surface area contributed by atoms with Gasteiger partial charge in [-0.05, 0) is 31.2 Å². The Bertz CT molecular complexity index is 528. The van der Waals surface area contributed by atoms with Crippen LogP contribution in [-0.4, -0.2) is 24.2 Å². The lowest BCUT2D eigenvalue weighted by Gasteiger charge is -2.16. The second-order valence-corrected chi connectivity index (χ2v) is 11.5. The standard InChI is InChI=1S/C14H21N2OSi/c1-12-15-13-7-5-6-8-14(13)16(12)11-17-9-10-18(2,3)4/h6-8H,9-11H2,1-4H3. The first kappa shape index (κ1) is 13.3. The molecule has 0 N–H and O–H groups in total. The number of hydrogen-bond acceptors (Lipinski definition) is 2. The number of aryl methyl sites for hydroxylation is 1. The van der Waals surface area contributed by atoms with E-state index in [1.165, 1.54) is 6.04 Å². The molecule has 3 nitrogen and oxygen atoms in total. The summed E-state index contributed by atoms with van der Waals surface area (Å²) in [4.78, 5) is 4.50. The zero-order valence-electron chi connectivity index (χ0n) is 11.7. The molecule has 0 amide bonds. The molecule has 0 fully saturated rings. The SMILES string of the molecule is Cc1nc2c[c]ccc2n1COCC[Si](C)(C)C. The molecule has 0 bridgehead atoms. The summed E-state index contributed by atoms with van der Waals surface area (Å²) < 4.78 is 7.91. The first-order valence-corrected chi connectivity index (χ1v) is 10.1. The maximum atomic E-state index is 5.79. The Labute approximate surface area is 110 Å². The van der Waals surface area contributed by atoms with Crippen LogP contribution < -0.4 is 0 Å². The molecule has 0 spiro atoms. The topological polar surface area (TPSA) is 27.1 Å². The average Bonchev–Trinajstić information content (AvgIpc) is 2.59. The number of rotatable bonds is 5. The van der Waals surface area contributed by atoms with Crippen LogP contribution in [0.2, 0.25) is 25.7 Å². The van der Waals surface area contributed by atoms with Gasteiger partial charge in [-0.2, -0.15) is 0 Å². The van der Waals surface area contributed by atoms with Gasteiger partial charge >= 0.3 is 0 Å². The van der Waals surface area contributed by atoms with E-state index in [1.807, 2.05) is 25.1 Å². The fourth-order valence-corrected chi connectivity index (χ4v) is 2.59. The first-order valence-electron chi connectivity index (χ1n) is 6.38. The van der Waals surface area contributed by atoms with Gasteiger partial charge < -0.3 is 9.30 Å². The molecule has 0 aliphatic heterocycles. The molecule has 4 heteroatoms. The Morgan fingerprint density at radius 2 is 2.17 bits per heavy atom. The van der Waals surface area contributed by atoms with Gasteiger partial charge in [-0.15, -0.1) is 0 Å². The molecule has 1 aromatic carbocycles. The zero-order valence-corrected chi connectivity index (χ0v) is 12.7. The lowest BCUT2D eigenvalue weighted by atomic mass is 10.3. The first-order chi connectivity index (χ1) is 8.47. The number of imidazole rings is 1. The predicted octanol–water partition coefficient (Wildman–Crippen LogP) is 3.46. The summed E-state index contributed by atoms with van der Waals surface area (Å²) in [6.07, 6.45) is 0. The molecule has 0 saturated heterocycles. The molecule has 2 aromatic rings. The number of nitrogens with zero attached hydrogens (tertiary/aromatic N) is 2. The van der Waals surface area contributed by atoms with Crippen molar-refractivity contribution in [2.45, 2.75) is 39.3 Å². The molecule has 0 aliphatic rings. The quantitative estimate of drug-likeness (QED) is 0.609. The van der Waals surface area contributed by atoms with Crippen molar-refractivity contribution in [3.05, 3.63) is 30.1 Å². The van der Waals surface area contributed by atoms with E-state index in [4.69, 9.17) is 4.74 Å². The minimum Gasteiger partial charge on any atom is -0.361 e. The maximum Gasteiger partial charge on any atom is 0.124 e. The van der Waals surface area contributed by atoms with E-state index in [2.05, 4.69) is 35.3 Å². The summed E-state index contributed by atoms with van der Waals surface area (Å²) in [5.41, 5.74) is 2.11. The number of ether oxygens (including phenoxy) is 1. The van der Waals surface area contributed by atoms with E-state index < -0.39 is 8.07 Å². The molecule has 0 atom stereocenters. The van der Waals surface area contributed by atoms with Crippen LogP contribution in [0.25, 0.3) is 11.0 Å². The van der Waals surface area contributed by atoms with Gasteiger partial charge in [-0.25, -0.2) is 4.98 Å². The zero-order chi connectivity index (χ0) is 13.2. The third-order valence-corrected chi connectivity index (χ3v) is 4.70. The molecule has 18 heavy (non-hydrogen) atoms. The smallest absolute Gasteiger partial charge is 0.124 e. The van der Waals surface area contributed by atoms with Crippen LogP contribution in [0, 0.1) is 13.0 Å². The molecule has 0 unspecified atom stereocenters. The van der Waals surface area contributed by atoms with E-state index >= 15 is 0 Å². The van der Waals surface area contributed by atoms with Crippen LogP contribution in [0.1, 0.15) is 5.82 Å². The van der Waals surface area contributed by atoms with Crippen molar-refractivity contribution in [1.82, 2.24) is 9.55 Å². The Kier molecular flexibility index (Phi) is 3.87. The number of aromatic nitrogens is 2. The second-order valence-electron chi connectivity index (χ2n) is 5.85. The van der Waals surface area contributed by atoms with E-state index in [-0.39, 0.29) is 0 Å². The van der Waals surface area contributed by atoms with Crippen LogP contribution >= 0.6 is 0 Å². The van der Waals surface area contributed by atoms with Crippen LogP contribution in [0.5, 0.6) is 0 Å². The third kappa shape index (κ3) is 3.20. The Morgan fingerprint density at radius 1 is 1.39 bits per heavy atom. The van der Waals surface area contributed by atoms with Crippen molar-refractivity contribution in [1.29, 1.82) is 0 Å². The number of fused-ring (bicyclic) bond motifs is 1. The van der Waals surface area contributed by atoms with Crippen LogP contribution in [0.3, 0.4) is 0 Å². The largest absolute Gasteiger partial charge is 0.361 e. The van der Waals surface area contributed by atoms with Crippen molar-refractivity contribution in [3.63, 3.8) is 0 Å². The van der Waals surface area contributed by atoms with Gasteiger partial charge in [0.05, 0.1) is 11.0 Å².